The fourth-order valence-corrected chi connectivity index (χ4v) is 1.70. The Hall–Kier alpha value is -2.34. The molecule has 1 aromatic carbocycles. The molecule has 0 bridgehead atoms. The molecular formula is C13H10ClNO5. The molecule has 0 fully saturated rings. The van der Waals surface area contributed by atoms with Crippen LogP contribution in [-0.4, -0.2) is 10.2 Å². The average Bonchev–Trinajstić information content (AvgIpc) is 2.86. The maximum absolute atomic E-state index is 10.9. The SMILES string of the molecule is Cc1ccc(OCc2ccc(C(=O)Cl)o2)c([N+](=O)[O-])c1. The monoisotopic (exact) mass is 295 g/mol. The summed E-state index contributed by atoms with van der Waals surface area (Å²) in [6, 6.07) is 7.58. The predicted molar refractivity (Wildman–Crippen MR) is 71.1 cm³/mol. The Labute approximate surface area is 119 Å². The van der Waals surface area contributed by atoms with E-state index in [4.69, 9.17) is 20.8 Å². The molecule has 20 heavy (non-hydrogen) atoms. The van der Waals surface area contributed by atoms with Gasteiger partial charge in [-0.25, -0.2) is 0 Å². The molecule has 2 rings (SSSR count). The molecule has 0 aliphatic carbocycles. The number of benzene rings is 1. The molecule has 104 valence electrons. The van der Waals surface area contributed by atoms with Gasteiger partial charge >= 0.3 is 5.69 Å². The number of aryl methyl sites for hydroxylation is 1. The van der Waals surface area contributed by atoms with Crippen LogP contribution in [-0.2, 0) is 6.61 Å². The normalized spacial score (nSPS) is 10.3. The number of carbonyl (C=O) groups is 1. The Balaban J connectivity index is 2.14. The highest BCUT2D eigenvalue weighted by molar-refractivity contribution is 6.67. The van der Waals surface area contributed by atoms with Crippen LogP contribution in [0.5, 0.6) is 5.75 Å². The summed E-state index contributed by atoms with van der Waals surface area (Å²) in [5.41, 5.74) is 0.641. The van der Waals surface area contributed by atoms with E-state index >= 15 is 0 Å². The number of furan rings is 1. The summed E-state index contributed by atoms with van der Waals surface area (Å²) >= 11 is 5.26. The van der Waals surface area contributed by atoms with E-state index < -0.39 is 10.2 Å². The second kappa shape index (κ2) is 5.75. The van der Waals surface area contributed by atoms with Gasteiger partial charge < -0.3 is 9.15 Å². The number of nitro benzene ring substituents is 1. The number of halogens is 1. The van der Waals surface area contributed by atoms with Gasteiger partial charge in [0.05, 0.1) is 4.92 Å². The van der Waals surface area contributed by atoms with Gasteiger partial charge in [0.2, 0.25) is 0 Å². The number of carbonyl (C=O) groups excluding carboxylic acids is 1. The van der Waals surface area contributed by atoms with E-state index in [2.05, 4.69) is 0 Å². The van der Waals surface area contributed by atoms with Gasteiger partial charge in [-0.05, 0) is 42.3 Å². The summed E-state index contributed by atoms with van der Waals surface area (Å²) in [5, 5.41) is 10.2. The summed E-state index contributed by atoms with van der Waals surface area (Å²) in [6.45, 7) is 1.72. The fraction of sp³-hybridized carbons (Fsp3) is 0.154. The molecule has 1 heterocycles. The fourth-order valence-electron chi connectivity index (χ4n) is 1.60. The quantitative estimate of drug-likeness (QED) is 0.479. The Bertz CT molecular complexity index is 665. The maximum Gasteiger partial charge on any atom is 0.311 e. The number of rotatable bonds is 5. The van der Waals surface area contributed by atoms with E-state index in [9.17, 15) is 14.9 Å². The number of nitrogens with zero attached hydrogens (tertiary/aromatic N) is 1. The first-order chi connectivity index (χ1) is 9.47. The molecule has 7 heteroatoms. The van der Waals surface area contributed by atoms with Crippen LogP contribution in [0.25, 0.3) is 0 Å². The van der Waals surface area contributed by atoms with Gasteiger partial charge in [0, 0.05) is 6.07 Å². The van der Waals surface area contributed by atoms with Crippen molar-refractivity contribution in [2.75, 3.05) is 0 Å². The first-order valence-electron chi connectivity index (χ1n) is 5.64. The molecule has 0 unspecified atom stereocenters. The highest BCUT2D eigenvalue weighted by Crippen LogP contribution is 2.28. The Morgan fingerprint density at radius 2 is 2.15 bits per heavy atom. The van der Waals surface area contributed by atoms with Crippen LogP contribution in [0.15, 0.2) is 34.7 Å². The van der Waals surface area contributed by atoms with Gasteiger partial charge in [-0.3, -0.25) is 14.9 Å². The van der Waals surface area contributed by atoms with E-state index in [1.54, 1.807) is 13.0 Å². The lowest BCUT2D eigenvalue weighted by atomic mass is 10.2. The maximum atomic E-state index is 10.9. The molecule has 0 aliphatic rings. The molecule has 1 aromatic heterocycles. The zero-order chi connectivity index (χ0) is 14.7. The topological polar surface area (TPSA) is 82.6 Å². The largest absolute Gasteiger partial charge is 0.479 e. The van der Waals surface area contributed by atoms with Crippen LogP contribution in [0.2, 0.25) is 0 Å². The van der Waals surface area contributed by atoms with Crippen LogP contribution in [0.3, 0.4) is 0 Å². The lowest BCUT2D eigenvalue weighted by molar-refractivity contribution is -0.386. The zero-order valence-electron chi connectivity index (χ0n) is 10.5. The summed E-state index contributed by atoms with van der Waals surface area (Å²) in [7, 11) is 0. The molecule has 0 amide bonds. The summed E-state index contributed by atoms with van der Waals surface area (Å²) in [4.78, 5) is 21.3. The molecule has 0 atom stereocenters. The third kappa shape index (κ3) is 3.16. The Morgan fingerprint density at radius 1 is 1.40 bits per heavy atom. The van der Waals surface area contributed by atoms with Crippen molar-refractivity contribution in [3.63, 3.8) is 0 Å². The van der Waals surface area contributed by atoms with E-state index in [1.165, 1.54) is 24.3 Å². The second-order valence-electron chi connectivity index (χ2n) is 4.06. The highest BCUT2D eigenvalue weighted by Gasteiger charge is 2.16. The van der Waals surface area contributed by atoms with Crippen molar-refractivity contribution < 1.29 is 18.9 Å². The van der Waals surface area contributed by atoms with Crippen molar-refractivity contribution in [2.45, 2.75) is 13.5 Å². The number of ether oxygens (including phenoxy) is 1. The molecule has 6 nitrogen and oxygen atoms in total. The van der Waals surface area contributed by atoms with E-state index in [0.717, 1.165) is 5.56 Å². The van der Waals surface area contributed by atoms with Crippen molar-refractivity contribution >= 4 is 22.5 Å². The lowest BCUT2D eigenvalue weighted by Crippen LogP contribution is -1.98. The van der Waals surface area contributed by atoms with E-state index in [-0.39, 0.29) is 23.8 Å². The third-order valence-corrected chi connectivity index (χ3v) is 2.72. The smallest absolute Gasteiger partial charge is 0.311 e. The molecule has 0 spiro atoms. The Kier molecular flexibility index (Phi) is 4.05. The van der Waals surface area contributed by atoms with E-state index in [1.807, 2.05) is 0 Å². The van der Waals surface area contributed by atoms with Gasteiger partial charge in [-0.15, -0.1) is 0 Å². The van der Waals surface area contributed by atoms with Gasteiger partial charge in [-0.2, -0.15) is 0 Å². The van der Waals surface area contributed by atoms with Crippen LogP contribution in [0.1, 0.15) is 21.9 Å². The minimum absolute atomic E-state index is 0.00340. The first kappa shape index (κ1) is 14.1. The van der Waals surface area contributed by atoms with Crippen LogP contribution in [0.4, 0.5) is 5.69 Å². The Morgan fingerprint density at radius 3 is 2.75 bits per heavy atom. The summed E-state index contributed by atoms with van der Waals surface area (Å²) < 4.78 is 10.5. The molecule has 0 radical (unpaired) electrons. The van der Waals surface area contributed by atoms with Crippen molar-refractivity contribution in [3.05, 3.63) is 57.5 Å². The molecule has 0 saturated heterocycles. The van der Waals surface area contributed by atoms with Gasteiger partial charge in [-0.1, -0.05) is 6.07 Å². The standard InChI is InChI=1S/C13H10ClNO5/c1-8-2-4-11(10(6-8)15(17)18)19-7-9-3-5-12(20-9)13(14)16/h2-6H,7H2,1H3. The van der Waals surface area contributed by atoms with Gasteiger partial charge in [0.15, 0.2) is 11.5 Å². The summed E-state index contributed by atoms with van der Waals surface area (Å²) in [5.74, 6) is 0.489. The van der Waals surface area contributed by atoms with Gasteiger partial charge in [0.25, 0.3) is 5.24 Å². The number of hydrogen-bond donors (Lipinski definition) is 0. The number of hydrogen-bond acceptors (Lipinski definition) is 5. The molecule has 0 aliphatic heterocycles. The minimum atomic E-state index is -0.711. The van der Waals surface area contributed by atoms with E-state index in [0.29, 0.717) is 5.76 Å². The predicted octanol–water partition coefficient (Wildman–Crippen LogP) is 3.45. The van der Waals surface area contributed by atoms with Crippen molar-refractivity contribution in [3.8, 4) is 5.75 Å². The highest BCUT2D eigenvalue weighted by atomic mass is 35.5. The molecule has 2 aromatic rings. The van der Waals surface area contributed by atoms with Gasteiger partial charge in [0.1, 0.15) is 12.4 Å². The number of nitro groups is 1. The second-order valence-corrected chi connectivity index (χ2v) is 4.40. The van der Waals surface area contributed by atoms with Crippen LogP contribution in [0, 0.1) is 17.0 Å². The first-order valence-corrected chi connectivity index (χ1v) is 6.01. The molecule has 0 N–H and O–H groups in total. The lowest BCUT2D eigenvalue weighted by Gasteiger charge is -2.05. The van der Waals surface area contributed by atoms with Crippen LogP contribution >= 0.6 is 11.6 Å². The zero-order valence-corrected chi connectivity index (χ0v) is 11.2. The molecule has 0 saturated carbocycles. The third-order valence-electron chi connectivity index (χ3n) is 2.54. The average molecular weight is 296 g/mol. The van der Waals surface area contributed by atoms with Crippen molar-refractivity contribution in [2.24, 2.45) is 0 Å². The molecular weight excluding hydrogens is 286 g/mol. The van der Waals surface area contributed by atoms with Crippen molar-refractivity contribution in [1.82, 2.24) is 0 Å². The van der Waals surface area contributed by atoms with Crippen molar-refractivity contribution in [1.29, 1.82) is 0 Å². The summed E-state index contributed by atoms with van der Waals surface area (Å²) in [6.07, 6.45) is 0. The minimum Gasteiger partial charge on any atom is -0.479 e. The van der Waals surface area contributed by atoms with Crippen LogP contribution < -0.4 is 4.74 Å².